The Morgan fingerprint density at radius 3 is 3.00 bits per heavy atom. The number of piperidine rings is 1. The average Bonchev–Trinajstić information content (AvgIpc) is 3.25. The fourth-order valence-electron chi connectivity index (χ4n) is 3.22. The summed E-state index contributed by atoms with van der Waals surface area (Å²) >= 11 is 1.64. The Bertz CT molecular complexity index is 750. The second-order valence-corrected chi connectivity index (χ2v) is 8.43. The van der Waals surface area contributed by atoms with E-state index in [0.29, 0.717) is 11.2 Å². The third-order valence-corrected chi connectivity index (χ3v) is 5.79. The van der Waals surface area contributed by atoms with Crippen LogP contribution in [0, 0.1) is 11.3 Å². The normalized spacial score (nSPS) is 20.7. The van der Waals surface area contributed by atoms with E-state index in [1.807, 2.05) is 6.07 Å². The number of anilines is 2. The van der Waals surface area contributed by atoms with Gasteiger partial charge in [0.25, 0.3) is 0 Å². The zero-order valence-corrected chi connectivity index (χ0v) is 14.4. The van der Waals surface area contributed by atoms with Gasteiger partial charge >= 0.3 is 0 Å². The first-order valence-corrected chi connectivity index (χ1v) is 9.15. The predicted molar refractivity (Wildman–Crippen MR) is 94.0 cm³/mol. The molecule has 1 N–H and O–H groups in total. The Kier molecular flexibility index (Phi) is 3.52. The number of carbonyl (C=O) groups excluding carboxylic acids is 1. The van der Waals surface area contributed by atoms with Crippen molar-refractivity contribution in [1.29, 1.82) is 0 Å². The highest BCUT2D eigenvalue weighted by molar-refractivity contribution is 7.22. The first kappa shape index (κ1) is 14.9. The number of nitrogens with zero attached hydrogens (tertiary/aromatic N) is 3. The van der Waals surface area contributed by atoms with Crippen molar-refractivity contribution in [3.05, 3.63) is 12.3 Å². The van der Waals surface area contributed by atoms with Gasteiger partial charge in [-0.05, 0) is 37.2 Å². The molecular formula is C17H22N4OS. The van der Waals surface area contributed by atoms with Crippen molar-refractivity contribution in [2.45, 2.75) is 39.5 Å². The standard InChI is InChI=1S/C17H22N4OS/c1-17(2)7-3-9-21(10-17)16-19-12-6-8-18-14(13(12)23-16)20-15(22)11-4-5-11/h6,8,11H,3-5,7,9-10H2,1-2H3,(H,18,20,22). The molecule has 2 fully saturated rings. The van der Waals surface area contributed by atoms with Gasteiger partial charge in [-0.25, -0.2) is 9.97 Å². The van der Waals surface area contributed by atoms with E-state index in [4.69, 9.17) is 4.98 Å². The molecule has 1 aliphatic heterocycles. The number of carbonyl (C=O) groups is 1. The van der Waals surface area contributed by atoms with Crippen LogP contribution in [-0.2, 0) is 4.79 Å². The lowest BCUT2D eigenvalue weighted by Gasteiger charge is -2.37. The van der Waals surface area contributed by atoms with Gasteiger partial charge in [-0.1, -0.05) is 25.2 Å². The van der Waals surface area contributed by atoms with Gasteiger partial charge in [0.2, 0.25) is 5.91 Å². The third-order valence-electron chi connectivity index (χ3n) is 4.65. The maximum Gasteiger partial charge on any atom is 0.228 e. The number of thiazole rings is 1. The predicted octanol–water partition coefficient (Wildman–Crippen LogP) is 3.67. The van der Waals surface area contributed by atoms with Gasteiger partial charge in [-0.2, -0.15) is 0 Å². The van der Waals surface area contributed by atoms with Crippen molar-refractivity contribution in [2.24, 2.45) is 11.3 Å². The monoisotopic (exact) mass is 330 g/mol. The molecular weight excluding hydrogens is 308 g/mol. The van der Waals surface area contributed by atoms with Crippen LogP contribution in [0.1, 0.15) is 39.5 Å². The summed E-state index contributed by atoms with van der Waals surface area (Å²) in [6, 6.07) is 1.93. The number of hydrogen-bond donors (Lipinski definition) is 1. The first-order chi connectivity index (χ1) is 11.0. The Morgan fingerprint density at radius 2 is 2.26 bits per heavy atom. The van der Waals surface area contributed by atoms with Gasteiger partial charge in [0.1, 0.15) is 0 Å². The van der Waals surface area contributed by atoms with Gasteiger partial charge in [0.05, 0.1) is 10.2 Å². The first-order valence-electron chi connectivity index (χ1n) is 8.33. The van der Waals surface area contributed by atoms with E-state index in [-0.39, 0.29) is 11.8 Å². The maximum absolute atomic E-state index is 12.0. The van der Waals surface area contributed by atoms with Gasteiger partial charge < -0.3 is 10.2 Å². The molecule has 1 saturated carbocycles. The van der Waals surface area contributed by atoms with Crippen LogP contribution in [0.4, 0.5) is 10.9 Å². The van der Waals surface area contributed by atoms with Crippen LogP contribution in [0.5, 0.6) is 0 Å². The highest BCUT2D eigenvalue weighted by Gasteiger charge is 2.31. The molecule has 1 saturated heterocycles. The zero-order valence-electron chi connectivity index (χ0n) is 13.6. The number of hydrogen-bond acceptors (Lipinski definition) is 5. The van der Waals surface area contributed by atoms with Crippen LogP contribution >= 0.6 is 11.3 Å². The van der Waals surface area contributed by atoms with Crippen molar-refractivity contribution in [1.82, 2.24) is 9.97 Å². The molecule has 0 radical (unpaired) electrons. The lowest BCUT2D eigenvalue weighted by Crippen LogP contribution is -2.39. The number of rotatable bonds is 3. The molecule has 23 heavy (non-hydrogen) atoms. The molecule has 122 valence electrons. The van der Waals surface area contributed by atoms with Gasteiger partial charge in [0.15, 0.2) is 10.9 Å². The Hall–Kier alpha value is -1.69. The summed E-state index contributed by atoms with van der Waals surface area (Å²) in [5, 5.41) is 4.03. The summed E-state index contributed by atoms with van der Waals surface area (Å²) in [7, 11) is 0. The molecule has 5 nitrogen and oxygen atoms in total. The molecule has 0 aromatic carbocycles. The quantitative estimate of drug-likeness (QED) is 0.933. The van der Waals surface area contributed by atoms with Crippen LogP contribution in [0.15, 0.2) is 12.3 Å². The van der Waals surface area contributed by atoms with E-state index in [9.17, 15) is 4.79 Å². The van der Waals surface area contributed by atoms with Crippen LogP contribution in [0.2, 0.25) is 0 Å². The molecule has 0 bridgehead atoms. The van der Waals surface area contributed by atoms with E-state index in [1.54, 1.807) is 17.5 Å². The highest BCUT2D eigenvalue weighted by atomic mass is 32.1. The molecule has 0 atom stereocenters. The number of nitrogens with one attached hydrogen (secondary N) is 1. The summed E-state index contributed by atoms with van der Waals surface area (Å²) in [4.78, 5) is 23.6. The van der Waals surface area contributed by atoms with Crippen LogP contribution in [0.3, 0.4) is 0 Å². The summed E-state index contributed by atoms with van der Waals surface area (Å²) in [6.45, 7) is 6.72. The van der Waals surface area contributed by atoms with Crippen molar-refractivity contribution in [3.8, 4) is 0 Å². The van der Waals surface area contributed by atoms with E-state index in [2.05, 4.69) is 29.0 Å². The lowest BCUT2D eigenvalue weighted by molar-refractivity contribution is -0.117. The molecule has 6 heteroatoms. The van der Waals surface area contributed by atoms with E-state index < -0.39 is 0 Å². The number of pyridine rings is 1. The molecule has 0 spiro atoms. The Morgan fingerprint density at radius 1 is 1.43 bits per heavy atom. The van der Waals surface area contributed by atoms with Crippen LogP contribution < -0.4 is 10.2 Å². The topological polar surface area (TPSA) is 58.1 Å². The molecule has 2 aliphatic rings. The molecule has 1 aliphatic carbocycles. The van der Waals surface area contributed by atoms with E-state index in [0.717, 1.165) is 41.3 Å². The third kappa shape index (κ3) is 3.04. The summed E-state index contributed by atoms with van der Waals surface area (Å²) < 4.78 is 0.986. The molecule has 3 heterocycles. The highest BCUT2D eigenvalue weighted by Crippen LogP contribution is 2.38. The maximum atomic E-state index is 12.0. The lowest BCUT2D eigenvalue weighted by atomic mass is 9.84. The Labute approximate surface area is 140 Å². The number of fused-ring (bicyclic) bond motifs is 1. The minimum atomic E-state index is 0.0963. The number of aromatic nitrogens is 2. The van der Waals surface area contributed by atoms with Gasteiger partial charge in [-0.15, -0.1) is 0 Å². The smallest absolute Gasteiger partial charge is 0.228 e. The van der Waals surface area contributed by atoms with E-state index in [1.165, 1.54) is 12.8 Å². The van der Waals surface area contributed by atoms with Gasteiger partial charge in [0, 0.05) is 25.2 Å². The second-order valence-electron chi connectivity index (χ2n) is 7.46. The Balaban J connectivity index is 1.63. The summed E-state index contributed by atoms with van der Waals surface area (Å²) in [5.74, 6) is 0.945. The fraction of sp³-hybridized carbons (Fsp3) is 0.588. The molecule has 0 unspecified atom stereocenters. The summed E-state index contributed by atoms with van der Waals surface area (Å²) in [6.07, 6.45) is 6.19. The molecule has 4 rings (SSSR count). The molecule has 1 amide bonds. The van der Waals surface area contributed by atoms with E-state index >= 15 is 0 Å². The van der Waals surface area contributed by atoms with Crippen LogP contribution in [-0.4, -0.2) is 29.0 Å². The largest absolute Gasteiger partial charge is 0.348 e. The second kappa shape index (κ2) is 5.44. The van der Waals surface area contributed by atoms with Crippen molar-refractivity contribution in [2.75, 3.05) is 23.3 Å². The van der Waals surface area contributed by atoms with Crippen molar-refractivity contribution in [3.63, 3.8) is 0 Å². The SMILES string of the molecule is CC1(C)CCCN(c2nc3ccnc(NC(=O)C4CC4)c3s2)C1. The summed E-state index contributed by atoms with van der Waals surface area (Å²) in [5.41, 5.74) is 1.26. The van der Waals surface area contributed by atoms with Crippen molar-refractivity contribution >= 4 is 38.4 Å². The zero-order chi connectivity index (χ0) is 16.0. The van der Waals surface area contributed by atoms with Crippen molar-refractivity contribution < 1.29 is 4.79 Å². The molecule has 2 aromatic rings. The minimum absolute atomic E-state index is 0.0963. The fourth-order valence-corrected chi connectivity index (χ4v) is 4.25. The number of amides is 1. The average molecular weight is 330 g/mol. The van der Waals surface area contributed by atoms with Gasteiger partial charge in [-0.3, -0.25) is 4.79 Å². The molecule has 2 aromatic heterocycles. The van der Waals surface area contributed by atoms with Crippen LogP contribution in [0.25, 0.3) is 10.2 Å². The minimum Gasteiger partial charge on any atom is -0.348 e.